The highest BCUT2D eigenvalue weighted by molar-refractivity contribution is 5.85. The van der Waals surface area contributed by atoms with Crippen molar-refractivity contribution in [3.63, 3.8) is 0 Å². The summed E-state index contributed by atoms with van der Waals surface area (Å²) in [4.78, 5) is 21.3. The van der Waals surface area contributed by atoms with Gasteiger partial charge in [-0.05, 0) is 78.3 Å². The number of rotatable bonds is 21. The average Bonchev–Trinajstić information content (AvgIpc) is 3.66. The first-order valence-electron chi connectivity index (χ1n) is 25.9. The molecule has 9 rings (SSSR count). The van der Waals surface area contributed by atoms with Gasteiger partial charge in [0, 0.05) is 27.7 Å². The number of hydrogen-bond acceptors (Lipinski definition) is 4. The Hall–Kier alpha value is -6.78. The van der Waals surface area contributed by atoms with Crippen LogP contribution in [0.5, 0.6) is 0 Å². The van der Waals surface area contributed by atoms with Crippen LogP contribution < -0.4 is 0 Å². The van der Waals surface area contributed by atoms with Crippen molar-refractivity contribution in [3.8, 4) is 67.8 Å². The van der Waals surface area contributed by atoms with Crippen LogP contribution in [-0.2, 0) is 5.41 Å². The molecule has 1 aliphatic rings. The number of fused-ring (bicyclic) bond motifs is 3. The molecule has 69 heavy (non-hydrogen) atoms. The van der Waals surface area contributed by atoms with Crippen molar-refractivity contribution in [2.45, 2.75) is 123 Å². The van der Waals surface area contributed by atoms with Crippen molar-refractivity contribution in [2.24, 2.45) is 0 Å². The Balaban J connectivity index is 1.17. The molecule has 0 spiro atoms. The molecule has 4 nitrogen and oxygen atoms in total. The van der Waals surface area contributed by atoms with Crippen LogP contribution in [-0.4, -0.2) is 19.9 Å². The van der Waals surface area contributed by atoms with E-state index in [2.05, 4.69) is 185 Å². The van der Waals surface area contributed by atoms with Gasteiger partial charge in [0.1, 0.15) is 0 Å². The van der Waals surface area contributed by atoms with Gasteiger partial charge in [0.15, 0.2) is 11.6 Å². The van der Waals surface area contributed by atoms with Crippen LogP contribution in [0.1, 0.15) is 137 Å². The second kappa shape index (κ2) is 22.6. The van der Waals surface area contributed by atoms with Crippen molar-refractivity contribution in [2.75, 3.05) is 0 Å². The van der Waals surface area contributed by atoms with Crippen LogP contribution >= 0.6 is 0 Å². The summed E-state index contributed by atoms with van der Waals surface area (Å²) in [6.07, 6.45) is 22.1. The van der Waals surface area contributed by atoms with Gasteiger partial charge in [0.2, 0.25) is 0 Å². The maximum absolute atomic E-state index is 5.45. The smallest absolute Gasteiger partial charge is 0.198 e. The molecule has 2 aromatic heterocycles. The number of aromatic nitrogens is 4. The van der Waals surface area contributed by atoms with Crippen LogP contribution in [0.15, 0.2) is 158 Å². The molecule has 0 amide bonds. The van der Waals surface area contributed by atoms with Crippen LogP contribution in [0.25, 0.3) is 80.0 Å². The van der Waals surface area contributed by atoms with Crippen molar-refractivity contribution in [1.82, 2.24) is 19.9 Å². The van der Waals surface area contributed by atoms with Gasteiger partial charge in [-0.3, -0.25) is 0 Å². The highest BCUT2D eigenvalue weighted by Crippen LogP contribution is 2.55. The molecule has 0 fully saturated rings. The van der Waals surface area contributed by atoms with Crippen molar-refractivity contribution >= 4 is 12.2 Å². The van der Waals surface area contributed by atoms with Gasteiger partial charge in [-0.15, -0.1) is 0 Å². The molecule has 0 N–H and O–H groups in total. The third-order valence-corrected chi connectivity index (χ3v) is 14.3. The summed E-state index contributed by atoms with van der Waals surface area (Å²) in [5.41, 5.74) is 18.1. The third kappa shape index (κ3) is 11.2. The first-order chi connectivity index (χ1) is 33.9. The third-order valence-electron chi connectivity index (χ3n) is 14.3. The van der Waals surface area contributed by atoms with E-state index in [1.54, 1.807) is 0 Å². The average molecular weight is 905 g/mol. The second-order valence-electron chi connectivity index (χ2n) is 19.4. The molecule has 6 aromatic carbocycles. The monoisotopic (exact) mass is 905 g/mol. The van der Waals surface area contributed by atoms with Crippen LogP contribution in [0.2, 0.25) is 0 Å². The summed E-state index contributed by atoms with van der Waals surface area (Å²) in [6.45, 7) is 9.01. The molecular formula is C65H68N4. The molecule has 2 heterocycles. The molecule has 0 unspecified atom stereocenters. The minimum atomic E-state index is -0.0550. The van der Waals surface area contributed by atoms with Gasteiger partial charge in [-0.1, -0.05) is 254 Å². The Morgan fingerprint density at radius 2 is 0.754 bits per heavy atom. The molecule has 348 valence electrons. The van der Waals surface area contributed by atoms with Gasteiger partial charge < -0.3 is 0 Å². The molecule has 0 radical (unpaired) electrons. The van der Waals surface area contributed by atoms with E-state index in [0.717, 1.165) is 63.4 Å². The highest BCUT2D eigenvalue weighted by Gasteiger charge is 2.42. The Labute approximate surface area is 412 Å². The lowest BCUT2D eigenvalue weighted by molar-refractivity contribution is 0.398. The van der Waals surface area contributed by atoms with Gasteiger partial charge in [-0.2, -0.15) is 0 Å². The lowest BCUT2D eigenvalue weighted by atomic mass is 9.70. The first-order valence-corrected chi connectivity index (χ1v) is 25.9. The second-order valence-corrected chi connectivity index (χ2v) is 19.4. The zero-order valence-electron chi connectivity index (χ0n) is 41.4. The lowest BCUT2D eigenvalue weighted by Crippen LogP contribution is -2.25. The number of nitrogens with zero attached hydrogens (tertiary/aromatic N) is 4. The summed E-state index contributed by atoms with van der Waals surface area (Å²) >= 11 is 0. The van der Waals surface area contributed by atoms with Gasteiger partial charge in [-0.25, -0.2) is 19.9 Å². The fourth-order valence-electron chi connectivity index (χ4n) is 10.4. The van der Waals surface area contributed by atoms with E-state index in [-0.39, 0.29) is 5.41 Å². The molecule has 4 heteroatoms. The van der Waals surface area contributed by atoms with Crippen molar-refractivity contribution in [3.05, 3.63) is 191 Å². The largest absolute Gasteiger partial charge is 0.225 e. The van der Waals surface area contributed by atoms with Gasteiger partial charge in [0.05, 0.1) is 22.8 Å². The number of unbranched alkanes of at least 4 members (excludes halogenated alkanes) is 10. The maximum Gasteiger partial charge on any atom is 0.198 e. The predicted octanol–water partition coefficient (Wildman–Crippen LogP) is 18.2. The zero-order valence-corrected chi connectivity index (χ0v) is 41.4. The minimum Gasteiger partial charge on any atom is -0.225 e. The summed E-state index contributed by atoms with van der Waals surface area (Å²) in [5.74, 6) is 1.01. The fourth-order valence-corrected chi connectivity index (χ4v) is 10.4. The van der Waals surface area contributed by atoms with Crippen molar-refractivity contribution < 1.29 is 0 Å². The highest BCUT2D eigenvalue weighted by atomic mass is 15.0. The topological polar surface area (TPSA) is 51.6 Å². The molecule has 8 aromatic rings. The Morgan fingerprint density at radius 1 is 0.362 bits per heavy atom. The minimum absolute atomic E-state index is 0.0550. The number of benzene rings is 6. The molecule has 0 aliphatic heterocycles. The quantitative estimate of drug-likeness (QED) is 0.0532. The molecule has 0 bridgehead atoms. The molecular weight excluding hydrogens is 837 g/mol. The van der Waals surface area contributed by atoms with Crippen LogP contribution in [0.3, 0.4) is 0 Å². The zero-order chi connectivity index (χ0) is 47.4. The summed E-state index contributed by atoms with van der Waals surface area (Å²) in [6, 6.07) is 56.7. The molecule has 0 atom stereocenters. The van der Waals surface area contributed by atoms with Crippen molar-refractivity contribution in [1.29, 1.82) is 0 Å². The summed E-state index contributed by atoms with van der Waals surface area (Å²) in [5, 5.41) is 0. The molecule has 1 aliphatic carbocycles. The Kier molecular flexibility index (Phi) is 15.5. The number of hydrogen-bond donors (Lipinski definition) is 0. The Morgan fingerprint density at radius 3 is 1.26 bits per heavy atom. The summed E-state index contributed by atoms with van der Waals surface area (Å²) < 4.78 is 0. The lowest BCUT2D eigenvalue weighted by Gasteiger charge is -2.33. The predicted molar refractivity (Wildman–Crippen MR) is 292 cm³/mol. The van der Waals surface area contributed by atoms with E-state index in [0.29, 0.717) is 11.6 Å². The Bertz CT molecular complexity index is 2900. The maximum atomic E-state index is 5.45. The first kappa shape index (κ1) is 47.3. The summed E-state index contributed by atoms with van der Waals surface area (Å²) in [7, 11) is 0. The van der Waals surface area contributed by atoms with E-state index < -0.39 is 0 Å². The van der Waals surface area contributed by atoms with Gasteiger partial charge in [0.25, 0.3) is 0 Å². The van der Waals surface area contributed by atoms with Gasteiger partial charge >= 0.3 is 0 Å². The van der Waals surface area contributed by atoms with E-state index in [9.17, 15) is 0 Å². The van der Waals surface area contributed by atoms with Crippen LogP contribution in [0.4, 0.5) is 0 Å². The van der Waals surface area contributed by atoms with E-state index in [1.165, 1.54) is 116 Å². The van der Waals surface area contributed by atoms with E-state index in [4.69, 9.17) is 19.9 Å². The van der Waals surface area contributed by atoms with Crippen LogP contribution in [0, 0.1) is 13.8 Å². The molecule has 0 saturated carbocycles. The fraction of sp³-hybridized carbons (Fsp3) is 0.292. The van der Waals surface area contributed by atoms with E-state index >= 15 is 0 Å². The number of aryl methyl sites for hydroxylation is 2. The SMILES string of the molecule is CCCCCCCCC1(CCCCCCCC)c2cc(C)ccc2-c2ccc(-c3cc(-c4ccc(/C=C/c5ccc(C)cc5)cc4)nc(-c4nc(-c5ccccc5)cc(-c5ccccc5)n4)n3)cc21. The molecule has 0 saturated heterocycles. The normalized spacial score (nSPS) is 12.6. The van der Waals surface area contributed by atoms with E-state index in [1.807, 2.05) is 12.1 Å². The standard InChI is InChI=1S/C65H68N4/c1-5-7-9-11-13-21-41-65(42-22-14-12-10-8-6-2)57-43-48(4)29-39-55(57)56-40-38-54(44-58(56)65)62-46-61(53-36-34-50(35-37-53)33-32-49-30-27-47(3)28-31-49)68-64(69-62)63-66-59(51-23-17-15-18-24-51)45-60(67-63)52-25-19-16-20-26-52/h15-20,23-40,43-46H,5-14,21-22,41-42H2,1-4H3/b33-32+.